The zero-order valence-corrected chi connectivity index (χ0v) is 7.32. The standard InChI is InChI=1S/C11H7NO2/c13-10-4-6-2-1-3-9(12-14)11(6)8-5-7(8)10/h1-4,13H,5H2. The zero-order valence-electron chi connectivity index (χ0n) is 7.32. The summed E-state index contributed by atoms with van der Waals surface area (Å²) >= 11 is 0. The third-order valence-corrected chi connectivity index (χ3v) is 2.67. The van der Waals surface area contributed by atoms with Crippen LogP contribution in [0.5, 0.6) is 5.75 Å². The van der Waals surface area contributed by atoms with E-state index in [0.717, 1.165) is 28.3 Å². The fraction of sp³-hybridized carbons (Fsp3) is 0.0909. The van der Waals surface area contributed by atoms with Gasteiger partial charge in [-0.2, -0.15) is 0 Å². The van der Waals surface area contributed by atoms with Gasteiger partial charge in [-0.05, 0) is 28.3 Å². The Morgan fingerprint density at radius 3 is 2.93 bits per heavy atom. The first-order valence-corrected chi connectivity index (χ1v) is 4.41. The van der Waals surface area contributed by atoms with Crippen LogP contribution < -0.4 is 0 Å². The Morgan fingerprint density at radius 2 is 2.14 bits per heavy atom. The number of rotatable bonds is 1. The summed E-state index contributed by atoms with van der Waals surface area (Å²) in [5.74, 6) is 0.329. The number of phenols is 1. The van der Waals surface area contributed by atoms with E-state index in [2.05, 4.69) is 5.18 Å². The van der Waals surface area contributed by atoms with E-state index < -0.39 is 0 Å². The minimum absolute atomic E-state index is 0.329. The predicted molar refractivity (Wildman–Crippen MR) is 53.9 cm³/mol. The van der Waals surface area contributed by atoms with Gasteiger partial charge in [-0.15, -0.1) is 4.91 Å². The lowest BCUT2D eigenvalue weighted by Gasteiger charge is -1.99. The molecule has 0 spiro atoms. The van der Waals surface area contributed by atoms with Crippen LogP contribution >= 0.6 is 0 Å². The Kier molecular flexibility index (Phi) is 1.24. The molecular formula is C11H7NO2. The molecule has 0 bridgehead atoms. The first-order chi connectivity index (χ1) is 6.81. The van der Waals surface area contributed by atoms with Gasteiger partial charge >= 0.3 is 0 Å². The summed E-state index contributed by atoms with van der Waals surface area (Å²) in [5.41, 5.74) is 2.49. The average Bonchev–Trinajstić information content (AvgIpc) is 2.97. The summed E-state index contributed by atoms with van der Waals surface area (Å²) in [6.07, 6.45) is 0.780. The molecular weight excluding hydrogens is 178 g/mol. The van der Waals surface area contributed by atoms with Gasteiger partial charge in [-0.3, -0.25) is 0 Å². The van der Waals surface area contributed by atoms with Crippen LogP contribution in [0.1, 0.15) is 11.1 Å². The van der Waals surface area contributed by atoms with E-state index in [1.165, 1.54) is 0 Å². The van der Waals surface area contributed by atoms with Crippen molar-refractivity contribution in [1.29, 1.82) is 0 Å². The molecule has 3 nitrogen and oxygen atoms in total. The van der Waals surface area contributed by atoms with Crippen LogP contribution in [0.4, 0.5) is 5.69 Å². The molecule has 0 fully saturated rings. The molecule has 68 valence electrons. The molecule has 14 heavy (non-hydrogen) atoms. The van der Waals surface area contributed by atoms with E-state index in [9.17, 15) is 10.0 Å². The third-order valence-electron chi connectivity index (χ3n) is 2.67. The second kappa shape index (κ2) is 2.32. The number of fused-ring (bicyclic) bond motifs is 3. The van der Waals surface area contributed by atoms with Crippen LogP contribution in [0, 0.1) is 4.91 Å². The van der Waals surface area contributed by atoms with E-state index in [4.69, 9.17) is 0 Å². The van der Waals surface area contributed by atoms with Crippen LogP contribution in [0.25, 0.3) is 10.8 Å². The topological polar surface area (TPSA) is 49.7 Å². The summed E-state index contributed by atoms with van der Waals surface area (Å²) in [5, 5.41) is 14.3. The Hall–Kier alpha value is -1.90. The SMILES string of the molecule is O=Nc1cccc2cc(O)c3c(c12)C3. The molecule has 1 aliphatic carbocycles. The molecule has 1 N–H and O–H groups in total. The number of phenolic OH excluding ortho intramolecular Hbond substituents is 1. The molecule has 0 unspecified atom stereocenters. The average molecular weight is 185 g/mol. The summed E-state index contributed by atoms with van der Waals surface area (Å²) in [7, 11) is 0. The van der Waals surface area contributed by atoms with Gasteiger partial charge in [0.05, 0.1) is 0 Å². The van der Waals surface area contributed by atoms with Crippen LogP contribution in [0.3, 0.4) is 0 Å². The molecule has 3 heteroatoms. The molecule has 0 aliphatic heterocycles. The fourth-order valence-electron chi connectivity index (χ4n) is 1.93. The summed E-state index contributed by atoms with van der Waals surface area (Å²) in [6, 6.07) is 7.04. The Morgan fingerprint density at radius 1 is 1.29 bits per heavy atom. The molecule has 0 saturated heterocycles. The van der Waals surface area contributed by atoms with E-state index in [1.807, 2.05) is 6.07 Å². The zero-order chi connectivity index (χ0) is 9.71. The van der Waals surface area contributed by atoms with Gasteiger partial charge in [0.25, 0.3) is 0 Å². The lowest BCUT2D eigenvalue weighted by molar-refractivity contribution is 0.475. The van der Waals surface area contributed by atoms with E-state index in [1.54, 1.807) is 18.2 Å². The van der Waals surface area contributed by atoms with Crippen LogP contribution in [0.2, 0.25) is 0 Å². The molecule has 0 radical (unpaired) electrons. The second-order valence-electron chi connectivity index (χ2n) is 3.50. The number of hydrogen-bond donors (Lipinski definition) is 1. The quantitative estimate of drug-likeness (QED) is 0.592. The number of aromatic hydroxyl groups is 1. The molecule has 3 rings (SSSR count). The maximum absolute atomic E-state index is 10.6. The minimum Gasteiger partial charge on any atom is -0.508 e. The number of hydrogen-bond acceptors (Lipinski definition) is 3. The van der Waals surface area contributed by atoms with Crippen molar-refractivity contribution < 1.29 is 5.11 Å². The summed E-state index contributed by atoms with van der Waals surface area (Å²) in [4.78, 5) is 10.6. The number of nitrogens with zero attached hydrogens (tertiary/aromatic N) is 1. The van der Waals surface area contributed by atoms with Crippen molar-refractivity contribution in [2.24, 2.45) is 5.18 Å². The van der Waals surface area contributed by atoms with Crippen molar-refractivity contribution in [2.45, 2.75) is 6.42 Å². The van der Waals surface area contributed by atoms with Crippen molar-refractivity contribution in [1.82, 2.24) is 0 Å². The molecule has 0 aromatic heterocycles. The lowest BCUT2D eigenvalue weighted by Crippen LogP contribution is -1.73. The fourth-order valence-corrected chi connectivity index (χ4v) is 1.93. The third kappa shape index (κ3) is 0.812. The van der Waals surface area contributed by atoms with Crippen LogP contribution in [-0.2, 0) is 6.42 Å². The van der Waals surface area contributed by atoms with Gasteiger partial charge in [0, 0.05) is 17.4 Å². The monoisotopic (exact) mass is 185 g/mol. The van der Waals surface area contributed by atoms with Gasteiger partial charge in [0.1, 0.15) is 11.4 Å². The van der Waals surface area contributed by atoms with E-state index in [-0.39, 0.29) is 0 Å². The Labute approximate surface area is 80.0 Å². The highest BCUT2D eigenvalue weighted by molar-refractivity contribution is 6.00. The van der Waals surface area contributed by atoms with E-state index >= 15 is 0 Å². The lowest BCUT2D eigenvalue weighted by atomic mass is 10.1. The number of nitroso groups, excluding NO2 is 1. The van der Waals surface area contributed by atoms with Crippen molar-refractivity contribution >= 4 is 16.5 Å². The first-order valence-electron chi connectivity index (χ1n) is 4.41. The van der Waals surface area contributed by atoms with Crippen molar-refractivity contribution in [3.63, 3.8) is 0 Å². The molecule has 0 heterocycles. The molecule has 1 aliphatic rings. The highest BCUT2D eigenvalue weighted by Crippen LogP contribution is 2.45. The van der Waals surface area contributed by atoms with E-state index in [0.29, 0.717) is 11.4 Å². The van der Waals surface area contributed by atoms with Gasteiger partial charge in [-0.25, -0.2) is 0 Å². The maximum atomic E-state index is 10.6. The molecule has 2 aromatic carbocycles. The van der Waals surface area contributed by atoms with Crippen LogP contribution in [-0.4, -0.2) is 5.11 Å². The van der Waals surface area contributed by atoms with Crippen molar-refractivity contribution in [3.05, 3.63) is 40.3 Å². The Balaban J connectivity index is 2.51. The molecule has 0 amide bonds. The van der Waals surface area contributed by atoms with Crippen molar-refractivity contribution in [3.8, 4) is 5.75 Å². The van der Waals surface area contributed by atoms with Gasteiger partial charge in [0.15, 0.2) is 0 Å². The first kappa shape index (κ1) is 7.50. The largest absolute Gasteiger partial charge is 0.508 e. The minimum atomic E-state index is 0.329. The highest BCUT2D eigenvalue weighted by Gasteiger charge is 2.26. The molecule has 0 atom stereocenters. The molecule has 2 aromatic rings. The normalized spacial score (nSPS) is 12.6. The van der Waals surface area contributed by atoms with Gasteiger partial charge < -0.3 is 5.11 Å². The number of benzene rings is 2. The van der Waals surface area contributed by atoms with Gasteiger partial charge in [0.2, 0.25) is 0 Å². The highest BCUT2D eigenvalue weighted by atomic mass is 16.3. The Bertz CT molecular complexity index is 561. The summed E-state index contributed by atoms with van der Waals surface area (Å²) in [6.45, 7) is 0. The maximum Gasteiger partial charge on any atom is 0.120 e. The second-order valence-corrected chi connectivity index (χ2v) is 3.50. The van der Waals surface area contributed by atoms with Crippen LogP contribution in [0.15, 0.2) is 29.4 Å². The van der Waals surface area contributed by atoms with Crippen molar-refractivity contribution in [2.75, 3.05) is 0 Å². The molecule has 0 saturated carbocycles. The summed E-state index contributed by atoms with van der Waals surface area (Å²) < 4.78 is 0. The van der Waals surface area contributed by atoms with Gasteiger partial charge in [-0.1, -0.05) is 12.1 Å². The smallest absolute Gasteiger partial charge is 0.120 e. The predicted octanol–water partition coefficient (Wildman–Crippen LogP) is 2.85.